The van der Waals surface area contributed by atoms with Crippen LogP contribution in [0.2, 0.25) is 0 Å². The first-order valence-corrected chi connectivity index (χ1v) is 8.23. The van der Waals surface area contributed by atoms with Gasteiger partial charge < -0.3 is 5.11 Å². The third kappa shape index (κ3) is 2.86. The maximum atomic E-state index is 9.34. The van der Waals surface area contributed by atoms with Gasteiger partial charge in [-0.25, -0.2) is 0 Å². The SMILES string of the molecule is N#Cc1ccc(Cn2nc(C3=CC=C(CO)C3)c3ccccc32)cc1. The lowest BCUT2D eigenvalue weighted by Crippen LogP contribution is -2.02. The van der Waals surface area contributed by atoms with Gasteiger partial charge in [-0.15, -0.1) is 0 Å². The zero-order valence-corrected chi connectivity index (χ0v) is 13.7. The van der Waals surface area contributed by atoms with Crippen LogP contribution in [-0.4, -0.2) is 21.5 Å². The van der Waals surface area contributed by atoms with Crippen molar-refractivity contribution in [2.24, 2.45) is 0 Å². The van der Waals surface area contributed by atoms with Gasteiger partial charge in [0, 0.05) is 5.39 Å². The summed E-state index contributed by atoms with van der Waals surface area (Å²) >= 11 is 0. The molecule has 3 aromatic rings. The maximum absolute atomic E-state index is 9.34. The van der Waals surface area contributed by atoms with Gasteiger partial charge in [-0.1, -0.05) is 42.5 Å². The third-order valence-corrected chi connectivity index (χ3v) is 4.52. The van der Waals surface area contributed by atoms with Crippen molar-refractivity contribution >= 4 is 16.5 Å². The quantitative estimate of drug-likeness (QED) is 0.795. The second-order valence-electron chi connectivity index (χ2n) is 6.18. The first-order chi connectivity index (χ1) is 12.3. The first kappa shape index (κ1) is 15.4. The monoisotopic (exact) mass is 327 g/mol. The van der Waals surface area contributed by atoms with E-state index in [0.29, 0.717) is 12.1 Å². The maximum Gasteiger partial charge on any atom is 0.0991 e. The zero-order chi connectivity index (χ0) is 17.2. The highest BCUT2D eigenvalue weighted by molar-refractivity contribution is 5.92. The Morgan fingerprint density at radius 3 is 2.60 bits per heavy atom. The number of hydrogen-bond donors (Lipinski definition) is 1. The molecular formula is C21H17N3O. The van der Waals surface area contributed by atoms with Crippen LogP contribution in [0.4, 0.5) is 0 Å². The highest BCUT2D eigenvalue weighted by Crippen LogP contribution is 2.32. The van der Waals surface area contributed by atoms with Gasteiger partial charge in [0.25, 0.3) is 0 Å². The molecule has 4 rings (SSSR count). The van der Waals surface area contributed by atoms with Crippen molar-refractivity contribution in [2.75, 3.05) is 6.61 Å². The lowest BCUT2D eigenvalue weighted by Gasteiger charge is -2.04. The van der Waals surface area contributed by atoms with Crippen LogP contribution in [0.3, 0.4) is 0 Å². The highest BCUT2D eigenvalue weighted by atomic mass is 16.3. The molecular weight excluding hydrogens is 310 g/mol. The summed E-state index contributed by atoms with van der Waals surface area (Å²) in [4.78, 5) is 0. The van der Waals surface area contributed by atoms with Crippen LogP contribution in [0, 0.1) is 11.3 Å². The van der Waals surface area contributed by atoms with E-state index in [1.807, 2.05) is 53.2 Å². The number of aliphatic hydroxyl groups excluding tert-OH is 1. The molecule has 0 saturated carbocycles. The summed E-state index contributed by atoms with van der Waals surface area (Å²) in [6, 6.07) is 17.9. The molecule has 1 aliphatic rings. The first-order valence-electron chi connectivity index (χ1n) is 8.23. The van der Waals surface area contributed by atoms with Gasteiger partial charge in [0.1, 0.15) is 0 Å². The Hall–Kier alpha value is -3.16. The van der Waals surface area contributed by atoms with E-state index >= 15 is 0 Å². The van der Waals surface area contributed by atoms with Crippen LogP contribution in [0.1, 0.15) is 23.2 Å². The smallest absolute Gasteiger partial charge is 0.0991 e. The predicted octanol–water partition coefficient (Wildman–Crippen LogP) is 3.66. The zero-order valence-electron chi connectivity index (χ0n) is 13.7. The Morgan fingerprint density at radius 1 is 1.08 bits per heavy atom. The van der Waals surface area contributed by atoms with E-state index in [9.17, 15) is 5.11 Å². The Bertz CT molecular complexity index is 1030. The van der Waals surface area contributed by atoms with Gasteiger partial charge in [-0.3, -0.25) is 4.68 Å². The highest BCUT2D eigenvalue weighted by Gasteiger charge is 2.17. The fourth-order valence-corrected chi connectivity index (χ4v) is 3.19. The molecule has 0 aliphatic heterocycles. The van der Waals surface area contributed by atoms with Gasteiger partial charge in [0.2, 0.25) is 0 Å². The second-order valence-corrected chi connectivity index (χ2v) is 6.18. The van der Waals surface area contributed by atoms with Crippen LogP contribution in [0.5, 0.6) is 0 Å². The Kier molecular flexibility index (Phi) is 3.93. The van der Waals surface area contributed by atoms with Gasteiger partial charge in [0.05, 0.1) is 36.0 Å². The molecule has 0 bridgehead atoms. The molecule has 0 saturated heterocycles. The molecule has 1 heterocycles. The number of benzene rings is 2. The van der Waals surface area contributed by atoms with Crippen LogP contribution in [0.25, 0.3) is 16.5 Å². The molecule has 2 aromatic carbocycles. The summed E-state index contributed by atoms with van der Waals surface area (Å²) in [5.74, 6) is 0. The number of aliphatic hydroxyl groups is 1. The minimum Gasteiger partial charge on any atom is -0.392 e. The number of rotatable bonds is 4. The lowest BCUT2D eigenvalue weighted by molar-refractivity contribution is 0.330. The number of fused-ring (bicyclic) bond motifs is 1. The van der Waals surface area contributed by atoms with E-state index < -0.39 is 0 Å². The summed E-state index contributed by atoms with van der Waals surface area (Å²) < 4.78 is 2.00. The van der Waals surface area contributed by atoms with E-state index in [-0.39, 0.29) is 6.61 Å². The molecule has 1 aliphatic carbocycles. The fraction of sp³-hybridized carbons (Fsp3) is 0.143. The van der Waals surface area contributed by atoms with E-state index in [2.05, 4.69) is 18.2 Å². The van der Waals surface area contributed by atoms with E-state index in [1.54, 1.807) is 0 Å². The minimum absolute atomic E-state index is 0.0872. The number of allylic oxidation sites excluding steroid dienone is 3. The largest absolute Gasteiger partial charge is 0.392 e. The van der Waals surface area contributed by atoms with Crippen LogP contribution in [0.15, 0.2) is 66.3 Å². The molecule has 4 nitrogen and oxygen atoms in total. The number of aromatic nitrogens is 2. The number of nitrogens with zero attached hydrogens (tertiary/aromatic N) is 3. The molecule has 0 radical (unpaired) electrons. The lowest BCUT2D eigenvalue weighted by atomic mass is 10.1. The van der Waals surface area contributed by atoms with Gasteiger partial charge in [-0.2, -0.15) is 10.4 Å². The number of para-hydroxylation sites is 1. The van der Waals surface area contributed by atoms with Crippen molar-refractivity contribution in [2.45, 2.75) is 13.0 Å². The number of hydrogen-bond acceptors (Lipinski definition) is 3. The van der Waals surface area contributed by atoms with Crippen molar-refractivity contribution in [3.63, 3.8) is 0 Å². The molecule has 1 aromatic heterocycles. The molecule has 0 unspecified atom stereocenters. The fourth-order valence-electron chi connectivity index (χ4n) is 3.19. The third-order valence-electron chi connectivity index (χ3n) is 4.52. The minimum atomic E-state index is 0.0872. The molecule has 0 spiro atoms. The summed E-state index contributed by atoms with van der Waals surface area (Å²) in [7, 11) is 0. The standard InChI is InChI=1S/C21H17N3O/c22-12-15-5-7-16(8-6-15)13-24-20-4-2-1-3-19(20)21(23-24)18-10-9-17(11-18)14-25/h1-10,25H,11,13-14H2. The van der Waals surface area contributed by atoms with E-state index in [4.69, 9.17) is 10.4 Å². The molecule has 0 fully saturated rings. The summed E-state index contributed by atoms with van der Waals surface area (Å²) in [5, 5.41) is 24.2. The summed E-state index contributed by atoms with van der Waals surface area (Å²) in [6.45, 7) is 0.740. The van der Waals surface area contributed by atoms with Crippen molar-refractivity contribution < 1.29 is 5.11 Å². The van der Waals surface area contributed by atoms with Crippen LogP contribution < -0.4 is 0 Å². The van der Waals surface area contributed by atoms with Crippen molar-refractivity contribution in [1.82, 2.24) is 9.78 Å². The van der Waals surface area contributed by atoms with Crippen molar-refractivity contribution in [3.05, 3.63) is 83.1 Å². The predicted molar refractivity (Wildman–Crippen MR) is 97.8 cm³/mol. The Labute approximate surface area is 145 Å². The van der Waals surface area contributed by atoms with E-state index in [1.165, 1.54) is 0 Å². The molecule has 1 N–H and O–H groups in total. The van der Waals surface area contributed by atoms with Crippen LogP contribution >= 0.6 is 0 Å². The molecule has 122 valence electrons. The van der Waals surface area contributed by atoms with E-state index in [0.717, 1.165) is 39.7 Å². The van der Waals surface area contributed by atoms with Gasteiger partial charge in [-0.05, 0) is 41.3 Å². The average molecular weight is 327 g/mol. The van der Waals surface area contributed by atoms with Gasteiger partial charge in [0.15, 0.2) is 0 Å². The van der Waals surface area contributed by atoms with Crippen molar-refractivity contribution in [1.29, 1.82) is 5.26 Å². The summed E-state index contributed by atoms with van der Waals surface area (Å²) in [5.41, 5.74) is 5.98. The molecule has 25 heavy (non-hydrogen) atoms. The molecule has 4 heteroatoms. The normalized spacial score (nSPS) is 13.6. The average Bonchev–Trinajstić information content (AvgIpc) is 3.27. The van der Waals surface area contributed by atoms with Crippen molar-refractivity contribution in [3.8, 4) is 6.07 Å². The van der Waals surface area contributed by atoms with Gasteiger partial charge >= 0.3 is 0 Å². The molecule has 0 atom stereocenters. The number of nitriles is 1. The summed E-state index contributed by atoms with van der Waals surface area (Å²) in [6.07, 6.45) is 4.77. The second kappa shape index (κ2) is 6.39. The molecule has 0 amide bonds. The van der Waals surface area contributed by atoms with Crippen LogP contribution in [-0.2, 0) is 6.54 Å². The Morgan fingerprint density at radius 2 is 1.88 bits per heavy atom. The Balaban J connectivity index is 1.71. The topological polar surface area (TPSA) is 61.8 Å².